The number of halogens is 3. The first kappa shape index (κ1) is 14.5. The van der Waals surface area contributed by atoms with Gasteiger partial charge in [0.15, 0.2) is 17.5 Å². The number of hydrogen-bond acceptors (Lipinski definition) is 4. The van der Waals surface area contributed by atoms with Gasteiger partial charge in [0.05, 0.1) is 6.61 Å². The zero-order valence-electron chi connectivity index (χ0n) is 11.7. The minimum atomic E-state index is -1.46. The molecular formula is C14H17F3N2O2. The lowest BCUT2D eigenvalue weighted by atomic mass is 10.1. The summed E-state index contributed by atoms with van der Waals surface area (Å²) >= 11 is 0. The van der Waals surface area contributed by atoms with Crippen molar-refractivity contribution in [3.8, 4) is 5.75 Å². The summed E-state index contributed by atoms with van der Waals surface area (Å²) in [6, 6.07) is 0.875. The summed E-state index contributed by atoms with van der Waals surface area (Å²) in [4.78, 5) is 1.76. The Balaban J connectivity index is 2.08. The molecule has 2 heterocycles. The summed E-state index contributed by atoms with van der Waals surface area (Å²) in [5.74, 6) is -3.84. The van der Waals surface area contributed by atoms with Crippen molar-refractivity contribution >= 4 is 5.69 Å². The molecule has 3 rings (SSSR count). The summed E-state index contributed by atoms with van der Waals surface area (Å²) in [5.41, 5.74) is 0.0130. The van der Waals surface area contributed by atoms with Crippen LogP contribution in [0.3, 0.4) is 0 Å². The van der Waals surface area contributed by atoms with E-state index in [1.54, 1.807) is 4.90 Å². The Kier molecular flexibility index (Phi) is 3.95. The van der Waals surface area contributed by atoms with Crippen LogP contribution in [0.1, 0.15) is 6.42 Å². The van der Waals surface area contributed by atoms with Crippen LogP contribution < -0.4 is 15.0 Å². The van der Waals surface area contributed by atoms with Crippen LogP contribution in [0.5, 0.6) is 5.75 Å². The highest BCUT2D eigenvalue weighted by molar-refractivity contribution is 5.62. The number of methoxy groups -OCH3 is 1. The second-order valence-electron chi connectivity index (χ2n) is 5.32. The summed E-state index contributed by atoms with van der Waals surface area (Å²) in [5, 5.41) is 3.22. The van der Waals surface area contributed by atoms with Gasteiger partial charge in [0, 0.05) is 45.3 Å². The lowest BCUT2D eigenvalue weighted by molar-refractivity contribution is 0.0742. The van der Waals surface area contributed by atoms with Crippen LogP contribution in [0.15, 0.2) is 6.07 Å². The molecular weight excluding hydrogens is 285 g/mol. The molecule has 0 radical (unpaired) electrons. The molecule has 7 heteroatoms. The van der Waals surface area contributed by atoms with E-state index in [-0.39, 0.29) is 23.6 Å². The van der Waals surface area contributed by atoms with E-state index < -0.39 is 17.5 Å². The predicted molar refractivity (Wildman–Crippen MR) is 71.2 cm³/mol. The fourth-order valence-corrected chi connectivity index (χ4v) is 3.01. The van der Waals surface area contributed by atoms with Crippen molar-refractivity contribution in [2.75, 3.05) is 38.3 Å². The summed E-state index contributed by atoms with van der Waals surface area (Å²) < 4.78 is 52.0. The highest BCUT2D eigenvalue weighted by Crippen LogP contribution is 2.39. The molecule has 1 fully saturated rings. The van der Waals surface area contributed by atoms with Crippen LogP contribution in [0.4, 0.5) is 18.9 Å². The van der Waals surface area contributed by atoms with Gasteiger partial charge >= 0.3 is 0 Å². The van der Waals surface area contributed by atoms with Crippen molar-refractivity contribution in [1.29, 1.82) is 0 Å². The molecule has 0 aliphatic carbocycles. The molecule has 2 atom stereocenters. The molecule has 0 bridgehead atoms. The summed E-state index contributed by atoms with van der Waals surface area (Å²) in [6.07, 6.45) is 0.269. The number of nitrogens with one attached hydrogen (secondary N) is 1. The Morgan fingerprint density at radius 2 is 2.19 bits per heavy atom. The quantitative estimate of drug-likeness (QED) is 0.843. The number of rotatable bonds is 2. The van der Waals surface area contributed by atoms with E-state index in [0.717, 1.165) is 6.07 Å². The smallest absolute Gasteiger partial charge is 0.196 e. The van der Waals surface area contributed by atoms with E-state index in [4.69, 9.17) is 9.47 Å². The van der Waals surface area contributed by atoms with Crippen LogP contribution in [0, 0.1) is 17.5 Å². The first-order valence-corrected chi connectivity index (χ1v) is 6.92. The van der Waals surface area contributed by atoms with E-state index >= 15 is 0 Å². The molecule has 0 aromatic heterocycles. The van der Waals surface area contributed by atoms with Gasteiger partial charge < -0.3 is 19.7 Å². The normalized spacial score (nSPS) is 24.9. The van der Waals surface area contributed by atoms with Crippen molar-refractivity contribution in [3.05, 3.63) is 23.5 Å². The van der Waals surface area contributed by atoms with Gasteiger partial charge in [-0.3, -0.25) is 0 Å². The average Bonchev–Trinajstić information content (AvgIpc) is 2.61. The summed E-state index contributed by atoms with van der Waals surface area (Å²) in [7, 11) is 1.54. The van der Waals surface area contributed by atoms with Gasteiger partial charge in [0.1, 0.15) is 17.5 Å². The molecule has 21 heavy (non-hydrogen) atoms. The molecule has 1 saturated heterocycles. The molecule has 2 aliphatic heterocycles. The Labute approximate surface area is 120 Å². The molecule has 0 unspecified atom stereocenters. The van der Waals surface area contributed by atoms with Crippen LogP contribution in [0.2, 0.25) is 0 Å². The molecule has 116 valence electrons. The first-order chi connectivity index (χ1) is 10.1. The van der Waals surface area contributed by atoms with E-state index in [1.807, 2.05) is 0 Å². The third kappa shape index (κ3) is 2.55. The Hall–Kier alpha value is -1.47. The van der Waals surface area contributed by atoms with E-state index in [2.05, 4.69) is 5.32 Å². The van der Waals surface area contributed by atoms with Crippen molar-refractivity contribution in [3.63, 3.8) is 0 Å². The third-order valence-corrected chi connectivity index (χ3v) is 3.92. The minimum absolute atomic E-state index is 0.0130. The minimum Gasteiger partial charge on any atom is -0.486 e. The number of piperazine rings is 1. The molecule has 0 spiro atoms. The Morgan fingerprint density at radius 1 is 1.38 bits per heavy atom. The van der Waals surface area contributed by atoms with Crippen LogP contribution >= 0.6 is 0 Å². The largest absolute Gasteiger partial charge is 0.486 e. The Morgan fingerprint density at radius 3 is 2.95 bits per heavy atom. The van der Waals surface area contributed by atoms with Crippen molar-refractivity contribution in [2.45, 2.75) is 18.6 Å². The van der Waals surface area contributed by atoms with Gasteiger partial charge in [-0.05, 0) is 0 Å². The fourth-order valence-electron chi connectivity index (χ4n) is 3.01. The van der Waals surface area contributed by atoms with Gasteiger partial charge in [-0.1, -0.05) is 0 Å². The van der Waals surface area contributed by atoms with Crippen molar-refractivity contribution in [1.82, 2.24) is 5.32 Å². The highest BCUT2D eigenvalue weighted by Gasteiger charge is 2.36. The zero-order valence-corrected chi connectivity index (χ0v) is 11.7. The second kappa shape index (κ2) is 5.73. The molecule has 2 aliphatic rings. The molecule has 0 saturated carbocycles. The molecule has 1 aromatic rings. The molecule has 4 nitrogen and oxygen atoms in total. The standard InChI is InChI=1S/C14H17F3N2O2/c1-20-7-9-4-8-6-18-2-3-19(8)14-11(21-9)5-10(15)12(16)13(14)17/h5,8-9,18H,2-4,6-7H2,1H3/t8-,9+/m1/s1. The average molecular weight is 302 g/mol. The first-order valence-electron chi connectivity index (χ1n) is 6.92. The molecule has 0 amide bonds. The fraction of sp³-hybridized carbons (Fsp3) is 0.571. The second-order valence-corrected chi connectivity index (χ2v) is 5.32. The maximum atomic E-state index is 14.2. The topological polar surface area (TPSA) is 33.7 Å². The predicted octanol–water partition coefficient (Wildman–Crippen LogP) is 1.68. The number of benzene rings is 1. The van der Waals surface area contributed by atoms with Gasteiger partial charge in [0.25, 0.3) is 0 Å². The lowest BCUT2D eigenvalue weighted by Crippen LogP contribution is -2.52. The number of ether oxygens (including phenoxy) is 2. The number of fused-ring (bicyclic) bond motifs is 3. The van der Waals surface area contributed by atoms with Crippen molar-refractivity contribution < 1.29 is 22.6 Å². The van der Waals surface area contributed by atoms with E-state index in [0.29, 0.717) is 32.7 Å². The third-order valence-electron chi connectivity index (χ3n) is 3.92. The number of hydrogen-bond donors (Lipinski definition) is 1. The lowest BCUT2D eigenvalue weighted by Gasteiger charge is -2.37. The van der Waals surface area contributed by atoms with Gasteiger partial charge in [-0.15, -0.1) is 0 Å². The van der Waals surface area contributed by atoms with Crippen LogP contribution in [-0.2, 0) is 4.74 Å². The molecule has 1 N–H and O–H groups in total. The monoisotopic (exact) mass is 302 g/mol. The number of nitrogens with zero attached hydrogens (tertiary/aromatic N) is 1. The van der Waals surface area contributed by atoms with Crippen LogP contribution in [-0.4, -0.2) is 45.5 Å². The maximum absolute atomic E-state index is 14.2. The van der Waals surface area contributed by atoms with Gasteiger partial charge in [0.2, 0.25) is 0 Å². The van der Waals surface area contributed by atoms with Crippen molar-refractivity contribution in [2.24, 2.45) is 0 Å². The Bertz CT molecular complexity index is 541. The SMILES string of the molecule is COC[C@@H]1C[C@@H]2CNCCN2c2c(cc(F)c(F)c2F)O1. The van der Waals surface area contributed by atoms with E-state index in [1.165, 1.54) is 7.11 Å². The van der Waals surface area contributed by atoms with Crippen LogP contribution in [0.25, 0.3) is 0 Å². The maximum Gasteiger partial charge on any atom is 0.196 e. The zero-order chi connectivity index (χ0) is 15.0. The van der Waals surface area contributed by atoms with Gasteiger partial charge in [-0.2, -0.15) is 0 Å². The summed E-state index contributed by atoms with van der Waals surface area (Å²) in [6.45, 7) is 2.12. The highest BCUT2D eigenvalue weighted by atomic mass is 19.2. The van der Waals surface area contributed by atoms with E-state index in [9.17, 15) is 13.2 Å². The van der Waals surface area contributed by atoms with Gasteiger partial charge in [-0.25, -0.2) is 13.2 Å². The molecule has 1 aromatic carbocycles. The number of anilines is 1.